The van der Waals surface area contributed by atoms with Gasteiger partial charge in [-0.05, 0) is 62.8 Å². The Hall–Kier alpha value is -3.28. The van der Waals surface area contributed by atoms with Crippen LogP contribution in [0.2, 0.25) is 0 Å². The van der Waals surface area contributed by atoms with E-state index in [1.807, 2.05) is 44.2 Å². The molecule has 1 unspecified atom stereocenters. The highest BCUT2D eigenvalue weighted by atomic mass is 16.4. The van der Waals surface area contributed by atoms with Crippen LogP contribution in [0.1, 0.15) is 41.6 Å². The van der Waals surface area contributed by atoms with Gasteiger partial charge >= 0.3 is 0 Å². The molecule has 1 atom stereocenters. The van der Waals surface area contributed by atoms with E-state index in [1.54, 1.807) is 10.9 Å². The zero-order chi connectivity index (χ0) is 20.8. The first-order valence-electron chi connectivity index (χ1n) is 10.4. The third kappa shape index (κ3) is 3.32. The fourth-order valence-corrected chi connectivity index (χ4v) is 4.17. The fourth-order valence-electron chi connectivity index (χ4n) is 4.17. The predicted molar refractivity (Wildman–Crippen MR) is 116 cm³/mol. The molecule has 6 nitrogen and oxygen atoms in total. The molecule has 30 heavy (non-hydrogen) atoms. The Morgan fingerprint density at radius 1 is 1.20 bits per heavy atom. The first kappa shape index (κ1) is 18.7. The monoisotopic (exact) mass is 400 g/mol. The molecule has 0 saturated carbocycles. The molecule has 0 radical (unpaired) electrons. The van der Waals surface area contributed by atoms with Gasteiger partial charge in [0.25, 0.3) is 5.56 Å². The predicted octanol–water partition coefficient (Wildman–Crippen LogP) is 4.24. The van der Waals surface area contributed by atoms with Gasteiger partial charge in [0.2, 0.25) is 5.89 Å². The number of hydrogen-bond acceptors (Lipinski definition) is 5. The van der Waals surface area contributed by atoms with Crippen molar-refractivity contribution in [2.45, 2.75) is 46.6 Å². The topological polar surface area (TPSA) is 73.8 Å². The standard InChI is InChI=1S/C24H24N4O2/c1-14-5-4-6-17(9-14)23-27-21(16(3)30-23)12-28-13-25-22-19(24(28)29)11-18-10-15(2)7-8-20(18)26-22/h4-6,9,11,13,15H,7-8,10,12H2,1-3H3. The minimum atomic E-state index is -0.0898. The van der Waals surface area contributed by atoms with Crippen molar-refractivity contribution in [3.8, 4) is 11.5 Å². The molecule has 152 valence electrons. The van der Waals surface area contributed by atoms with Gasteiger partial charge in [-0.25, -0.2) is 15.0 Å². The maximum absolute atomic E-state index is 13.2. The van der Waals surface area contributed by atoms with E-state index in [9.17, 15) is 4.79 Å². The van der Waals surface area contributed by atoms with Crippen molar-refractivity contribution in [3.05, 3.63) is 75.3 Å². The third-order valence-corrected chi connectivity index (χ3v) is 5.90. The highest BCUT2D eigenvalue weighted by Crippen LogP contribution is 2.26. The molecule has 6 heteroatoms. The smallest absolute Gasteiger partial charge is 0.263 e. The zero-order valence-electron chi connectivity index (χ0n) is 17.5. The number of fused-ring (bicyclic) bond motifs is 2. The Bertz CT molecular complexity index is 1320. The molecule has 5 rings (SSSR count). The van der Waals surface area contributed by atoms with Crippen LogP contribution in [-0.2, 0) is 19.4 Å². The maximum Gasteiger partial charge on any atom is 0.263 e. The number of aromatic nitrogens is 4. The molecule has 0 bridgehead atoms. The average molecular weight is 400 g/mol. The number of hydrogen-bond donors (Lipinski definition) is 0. The summed E-state index contributed by atoms with van der Waals surface area (Å²) < 4.78 is 7.47. The molecule has 0 saturated heterocycles. The molecule has 0 fully saturated rings. The van der Waals surface area contributed by atoms with E-state index < -0.39 is 0 Å². The Labute approximate surface area is 174 Å². The van der Waals surface area contributed by atoms with E-state index in [4.69, 9.17) is 4.42 Å². The highest BCUT2D eigenvalue weighted by molar-refractivity contribution is 5.74. The second kappa shape index (κ2) is 7.20. The van der Waals surface area contributed by atoms with Crippen LogP contribution in [0.4, 0.5) is 0 Å². The number of pyridine rings is 1. The maximum atomic E-state index is 13.2. The van der Waals surface area contributed by atoms with Crippen LogP contribution in [0.3, 0.4) is 0 Å². The summed E-state index contributed by atoms with van der Waals surface area (Å²) in [5, 5.41) is 0.574. The van der Waals surface area contributed by atoms with Crippen molar-refractivity contribution >= 4 is 11.0 Å². The number of oxazole rings is 1. The molecular formula is C24H24N4O2. The Morgan fingerprint density at radius 3 is 2.90 bits per heavy atom. The van der Waals surface area contributed by atoms with Crippen LogP contribution in [0, 0.1) is 19.8 Å². The van der Waals surface area contributed by atoms with E-state index in [0.717, 1.165) is 41.8 Å². The van der Waals surface area contributed by atoms with Crippen molar-refractivity contribution in [1.82, 2.24) is 19.5 Å². The summed E-state index contributed by atoms with van der Waals surface area (Å²) in [5.41, 5.74) is 5.50. The molecule has 1 aliphatic rings. The Balaban J connectivity index is 1.51. The summed E-state index contributed by atoms with van der Waals surface area (Å²) in [5.74, 6) is 1.89. The van der Waals surface area contributed by atoms with Crippen molar-refractivity contribution in [3.63, 3.8) is 0 Å². The van der Waals surface area contributed by atoms with Gasteiger partial charge in [0.1, 0.15) is 17.8 Å². The van der Waals surface area contributed by atoms with Crippen molar-refractivity contribution < 1.29 is 4.42 Å². The molecule has 3 aromatic heterocycles. The van der Waals surface area contributed by atoms with Crippen LogP contribution in [0.25, 0.3) is 22.5 Å². The van der Waals surface area contributed by atoms with Gasteiger partial charge in [-0.2, -0.15) is 0 Å². The van der Waals surface area contributed by atoms with Gasteiger partial charge in [0, 0.05) is 11.3 Å². The molecular weight excluding hydrogens is 376 g/mol. The normalized spacial score (nSPS) is 16.0. The summed E-state index contributed by atoms with van der Waals surface area (Å²) in [4.78, 5) is 26.9. The summed E-state index contributed by atoms with van der Waals surface area (Å²) in [6.45, 7) is 6.47. The SMILES string of the molecule is Cc1cccc(-c2nc(Cn3cnc4nc5c(cc4c3=O)CC(C)CC5)c(C)o2)c1. The molecule has 0 amide bonds. The van der Waals surface area contributed by atoms with E-state index in [-0.39, 0.29) is 5.56 Å². The van der Waals surface area contributed by atoms with Crippen molar-refractivity contribution in [2.24, 2.45) is 5.92 Å². The van der Waals surface area contributed by atoms with Gasteiger partial charge in [-0.3, -0.25) is 9.36 Å². The molecule has 0 spiro atoms. The lowest BCUT2D eigenvalue weighted by Crippen LogP contribution is -2.23. The second-order valence-corrected chi connectivity index (χ2v) is 8.38. The number of nitrogens with zero attached hydrogens (tertiary/aromatic N) is 4. The molecule has 0 aliphatic heterocycles. The van der Waals surface area contributed by atoms with Gasteiger partial charge < -0.3 is 4.42 Å². The van der Waals surface area contributed by atoms with Crippen LogP contribution < -0.4 is 5.56 Å². The molecule has 1 aliphatic carbocycles. The first-order chi connectivity index (χ1) is 14.5. The van der Waals surface area contributed by atoms with Crippen molar-refractivity contribution in [2.75, 3.05) is 0 Å². The lowest BCUT2D eigenvalue weighted by molar-refractivity contribution is 0.495. The van der Waals surface area contributed by atoms with Crippen LogP contribution in [-0.4, -0.2) is 19.5 Å². The quantitative estimate of drug-likeness (QED) is 0.514. The Morgan fingerprint density at radius 2 is 2.07 bits per heavy atom. The molecule has 3 heterocycles. The molecule has 0 N–H and O–H groups in total. The molecule has 1 aromatic carbocycles. The van der Waals surface area contributed by atoms with Gasteiger partial charge in [0.05, 0.1) is 11.9 Å². The third-order valence-electron chi connectivity index (χ3n) is 5.90. The zero-order valence-corrected chi connectivity index (χ0v) is 17.5. The largest absolute Gasteiger partial charge is 0.441 e. The minimum Gasteiger partial charge on any atom is -0.441 e. The van der Waals surface area contributed by atoms with Crippen LogP contribution >= 0.6 is 0 Å². The number of benzene rings is 1. The van der Waals surface area contributed by atoms with Crippen LogP contribution in [0.15, 0.2) is 45.9 Å². The number of aryl methyl sites for hydroxylation is 3. The highest BCUT2D eigenvalue weighted by Gasteiger charge is 2.19. The van der Waals surface area contributed by atoms with Gasteiger partial charge in [-0.1, -0.05) is 24.6 Å². The van der Waals surface area contributed by atoms with Crippen LogP contribution in [0.5, 0.6) is 0 Å². The van der Waals surface area contributed by atoms with E-state index in [1.165, 1.54) is 5.56 Å². The summed E-state index contributed by atoms with van der Waals surface area (Å²) in [7, 11) is 0. The lowest BCUT2D eigenvalue weighted by atomic mass is 9.87. The summed E-state index contributed by atoms with van der Waals surface area (Å²) in [6.07, 6.45) is 4.62. The van der Waals surface area contributed by atoms with Crippen molar-refractivity contribution in [1.29, 1.82) is 0 Å². The first-order valence-corrected chi connectivity index (χ1v) is 10.4. The van der Waals surface area contributed by atoms with Gasteiger partial charge in [0.15, 0.2) is 5.65 Å². The summed E-state index contributed by atoms with van der Waals surface area (Å²) >= 11 is 0. The summed E-state index contributed by atoms with van der Waals surface area (Å²) in [6, 6.07) is 10.0. The lowest BCUT2D eigenvalue weighted by Gasteiger charge is -2.20. The minimum absolute atomic E-state index is 0.0898. The van der Waals surface area contributed by atoms with E-state index in [0.29, 0.717) is 35.1 Å². The Kier molecular flexibility index (Phi) is 4.50. The number of rotatable bonds is 3. The van der Waals surface area contributed by atoms with E-state index in [2.05, 4.69) is 21.9 Å². The molecule has 4 aromatic rings. The van der Waals surface area contributed by atoms with E-state index >= 15 is 0 Å². The fraction of sp³-hybridized carbons (Fsp3) is 0.333. The van der Waals surface area contributed by atoms with Gasteiger partial charge in [-0.15, -0.1) is 0 Å². The average Bonchev–Trinajstić information content (AvgIpc) is 3.09. The second-order valence-electron chi connectivity index (χ2n) is 8.38.